The summed E-state index contributed by atoms with van der Waals surface area (Å²) >= 11 is 0. The normalized spacial score (nSPS) is 29.5. The Morgan fingerprint density at radius 3 is 2.41 bits per heavy atom. The van der Waals surface area contributed by atoms with Gasteiger partial charge in [0.2, 0.25) is 0 Å². The monoisotopic (exact) mass is 244 g/mol. The Kier molecular flexibility index (Phi) is 3.17. The molecule has 0 saturated heterocycles. The van der Waals surface area contributed by atoms with E-state index in [1.807, 2.05) is 0 Å². The van der Waals surface area contributed by atoms with Gasteiger partial charge in [0.25, 0.3) is 0 Å². The summed E-state index contributed by atoms with van der Waals surface area (Å²) in [6.45, 7) is 0. The highest BCUT2D eigenvalue weighted by molar-refractivity contribution is 5.25. The molecule has 0 heterocycles. The van der Waals surface area contributed by atoms with Gasteiger partial charge in [-0.1, -0.05) is 30.3 Å². The fourth-order valence-electron chi connectivity index (χ4n) is 2.83. The smallest absolute Gasteiger partial charge is 0.373 e. The molecule has 0 aromatic heterocycles. The summed E-state index contributed by atoms with van der Waals surface area (Å²) in [6, 6.07) is 8.73. The van der Waals surface area contributed by atoms with E-state index in [9.17, 15) is 13.2 Å². The van der Waals surface area contributed by atoms with Crippen molar-refractivity contribution >= 4 is 0 Å². The highest BCUT2D eigenvalue weighted by Gasteiger charge is 2.57. The number of rotatable bonds is 2. The van der Waals surface area contributed by atoms with Crippen LogP contribution in [0.4, 0.5) is 13.2 Å². The topological polar surface area (TPSA) is 9.23 Å². The molecule has 0 radical (unpaired) electrons. The van der Waals surface area contributed by atoms with Crippen molar-refractivity contribution in [2.24, 2.45) is 5.92 Å². The lowest BCUT2D eigenvalue weighted by Crippen LogP contribution is -2.41. The van der Waals surface area contributed by atoms with Crippen LogP contribution < -0.4 is 0 Å². The largest absolute Gasteiger partial charge is 0.394 e. The van der Waals surface area contributed by atoms with Gasteiger partial charge in [-0.15, -0.1) is 0 Å². The summed E-state index contributed by atoms with van der Waals surface area (Å²) < 4.78 is 44.4. The van der Waals surface area contributed by atoms with Crippen molar-refractivity contribution in [1.29, 1.82) is 0 Å². The van der Waals surface area contributed by atoms with Gasteiger partial charge in [0.15, 0.2) is 0 Å². The molecular formula is C13H15F3O. The van der Waals surface area contributed by atoms with Gasteiger partial charge in [-0.3, -0.25) is 0 Å². The lowest BCUT2D eigenvalue weighted by atomic mass is 9.83. The average molecular weight is 244 g/mol. The zero-order chi connectivity index (χ0) is 12.5. The molecule has 0 N–H and O–H groups in total. The molecule has 2 unspecified atom stereocenters. The van der Waals surface area contributed by atoms with Crippen LogP contribution in [0, 0.1) is 5.92 Å². The molecule has 1 aromatic carbocycles. The average Bonchev–Trinajstić information content (AvgIpc) is 2.75. The second-order valence-electron chi connectivity index (χ2n) is 4.45. The van der Waals surface area contributed by atoms with E-state index in [1.165, 1.54) is 7.11 Å². The van der Waals surface area contributed by atoms with Crippen molar-refractivity contribution in [3.8, 4) is 0 Å². The van der Waals surface area contributed by atoms with E-state index in [-0.39, 0.29) is 6.42 Å². The predicted octanol–water partition coefficient (Wildman–Crippen LogP) is 3.89. The van der Waals surface area contributed by atoms with Crippen LogP contribution in [0.2, 0.25) is 0 Å². The van der Waals surface area contributed by atoms with Gasteiger partial charge in [0.1, 0.15) is 5.60 Å². The maximum absolute atomic E-state index is 13.0. The molecule has 0 amide bonds. The Labute approximate surface area is 98.6 Å². The first-order valence-electron chi connectivity index (χ1n) is 5.68. The third-order valence-electron chi connectivity index (χ3n) is 3.63. The summed E-state index contributed by atoms with van der Waals surface area (Å²) in [4.78, 5) is 0. The minimum absolute atomic E-state index is 0.145. The van der Waals surface area contributed by atoms with E-state index < -0.39 is 17.7 Å². The molecule has 94 valence electrons. The Bertz CT molecular complexity index is 374. The van der Waals surface area contributed by atoms with Crippen molar-refractivity contribution in [2.75, 3.05) is 7.11 Å². The van der Waals surface area contributed by atoms with Gasteiger partial charge in [0, 0.05) is 7.11 Å². The Hall–Kier alpha value is -1.03. The van der Waals surface area contributed by atoms with Crippen LogP contribution in [0.1, 0.15) is 24.8 Å². The zero-order valence-corrected chi connectivity index (χ0v) is 9.63. The molecule has 0 spiro atoms. The molecule has 1 nitrogen and oxygen atoms in total. The first-order chi connectivity index (χ1) is 8.00. The van der Waals surface area contributed by atoms with Crippen LogP contribution in [-0.2, 0) is 10.3 Å². The standard InChI is InChI=1S/C13H15F3O/c1-17-12(10-6-3-2-4-7-10)9-5-8-11(12)13(14,15)16/h2-4,6-7,11H,5,8-9H2,1H3. The predicted molar refractivity (Wildman–Crippen MR) is 58.5 cm³/mol. The van der Waals surface area contributed by atoms with Gasteiger partial charge in [0.05, 0.1) is 5.92 Å². The Morgan fingerprint density at radius 2 is 1.88 bits per heavy atom. The number of benzene rings is 1. The summed E-state index contributed by atoms with van der Waals surface area (Å²) in [7, 11) is 1.37. The summed E-state index contributed by atoms with van der Waals surface area (Å²) in [5.74, 6) is -1.40. The Balaban J connectivity index is 2.43. The fraction of sp³-hybridized carbons (Fsp3) is 0.538. The van der Waals surface area contributed by atoms with Gasteiger partial charge >= 0.3 is 6.18 Å². The van der Waals surface area contributed by atoms with Crippen molar-refractivity contribution < 1.29 is 17.9 Å². The highest BCUT2D eigenvalue weighted by Crippen LogP contribution is 2.52. The quantitative estimate of drug-likeness (QED) is 0.766. The third kappa shape index (κ3) is 2.06. The maximum Gasteiger partial charge on any atom is 0.394 e. The second-order valence-corrected chi connectivity index (χ2v) is 4.45. The molecule has 2 rings (SSSR count). The van der Waals surface area contributed by atoms with Crippen LogP contribution in [0.5, 0.6) is 0 Å². The molecular weight excluding hydrogens is 229 g/mol. The first-order valence-corrected chi connectivity index (χ1v) is 5.68. The molecule has 0 aliphatic heterocycles. The van der Waals surface area contributed by atoms with Gasteiger partial charge < -0.3 is 4.74 Å². The molecule has 2 atom stereocenters. The Morgan fingerprint density at radius 1 is 1.24 bits per heavy atom. The van der Waals surface area contributed by atoms with E-state index in [4.69, 9.17) is 4.74 Å². The van der Waals surface area contributed by atoms with Crippen molar-refractivity contribution in [3.05, 3.63) is 35.9 Å². The molecule has 0 bridgehead atoms. The molecule has 1 aliphatic rings. The number of hydrogen-bond acceptors (Lipinski definition) is 1. The minimum Gasteiger partial charge on any atom is -0.373 e. The number of halogens is 3. The van der Waals surface area contributed by atoms with Crippen LogP contribution in [0.3, 0.4) is 0 Å². The molecule has 1 aliphatic carbocycles. The van der Waals surface area contributed by atoms with E-state index in [1.54, 1.807) is 30.3 Å². The highest BCUT2D eigenvalue weighted by atomic mass is 19.4. The van der Waals surface area contributed by atoms with Crippen LogP contribution >= 0.6 is 0 Å². The molecule has 1 aromatic rings. The molecule has 17 heavy (non-hydrogen) atoms. The van der Waals surface area contributed by atoms with Crippen LogP contribution in [0.25, 0.3) is 0 Å². The summed E-state index contributed by atoms with van der Waals surface area (Å²) in [5.41, 5.74) is -0.568. The van der Waals surface area contributed by atoms with Gasteiger partial charge in [-0.05, 0) is 24.8 Å². The fourth-order valence-corrected chi connectivity index (χ4v) is 2.83. The van der Waals surface area contributed by atoms with Crippen LogP contribution in [0.15, 0.2) is 30.3 Å². The second kappa shape index (κ2) is 4.33. The van der Waals surface area contributed by atoms with Crippen molar-refractivity contribution in [3.63, 3.8) is 0 Å². The number of hydrogen-bond donors (Lipinski definition) is 0. The van der Waals surface area contributed by atoms with E-state index >= 15 is 0 Å². The van der Waals surface area contributed by atoms with Gasteiger partial charge in [-0.2, -0.15) is 13.2 Å². The van der Waals surface area contributed by atoms with E-state index in [0.717, 1.165) is 0 Å². The molecule has 4 heteroatoms. The maximum atomic E-state index is 13.0. The van der Waals surface area contributed by atoms with E-state index in [2.05, 4.69) is 0 Å². The molecule has 1 fully saturated rings. The van der Waals surface area contributed by atoms with Crippen molar-refractivity contribution in [2.45, 2.75) is 31.0 Å². The van der Waals surface area contributed by atoms with Gasteiger partial charge in [-0.25, -0.2) is 0 Å². The number of methoxy groups -OCH3 is 1. The minimum atomic E-state index is -4.21. The lowest BCUT2D eigenvalue weighted by Gasteiger charge is -2.35. The third-order valence-corrected chi connectivity index (χ3v) is 3.63. The lowest BCUT2D eigenvalue weighted by molar-refractivity contribution is -0.227. The molecule has 1 saturated carbocycles. The SMILES string of the molecule is COC1(c2ccccc2)CCCC1C(F)(F)F. The number of alkyl halides is 3. The van der Waals surface area contributed by atoms with Crippen molar-refractivity contribution in [1.82, 2.24) is 0 Å². The first kappa shape index (κ1) is 12.4. The zero-order valence-electron chi connectivity index (χ0n) is 9.63. The van der Waals surface area contributed by atoms with E-state index in [0.29, 0.717) is 18.4 Å². The summed E-state index contributed by atoms with van der Waals surface area (Å²) in [6.07, 6.45) is -3.08. The summed E-state index contributed by atoms with van der Waals surface area (Å²) in [5, 5.41) is 0. The van der Waals surface area contributed by atoms with Crippen LogP contribution in [-0.4, -0.2) is 13.3 Å². The number of ether oxygens (including phenoxy) is 1.